The number of carbonyl (C=O) groups excluding carboxylic acids is 1. The normalized spacial score (nSPS) is 23.9. The second-order valence-electron chi connectivity index (χ2n) is 8.25. The van der Waals surface area contributed by atoms with Crippen molar-refractivity contribution in [2.75, 3.05) is 26.7 Å². The van der Waals surface area contributed by atoms with Crippen LogP contribution in [0.1, 0.15) is 36.8 Å². The maximum absolute atomic E-state index is 12.8. The summed E-state index contributed by atoms with van der Waals surface area (Å²) in [6.45, 7) is 3.02. The van der Waals surface area contributed by atoms with Gasteiger partial charge in [-0.3, -0.25) is 9.69 Å². The predicted octanol–water partition coefficient (Wildman–Crippen LogP) is 2.93. The highest BCUT2D eigenvalue weighted by atomic mass is 16.5. The Hall–Kier alpha value is -2.47. The zero-order valence-electron chi connectivity index (χ0n) is 17.2. The summed E-state index contributed by atoms with van der Waals surface area (Å²) in [4.78, 5) is 17.3. The number of likely N-dealkylation sites (N-methyl/N-ethyl adjacent to an activating group) is 1. The van der Waals surface area contributed by atoms with Gasteiger partial charge in [0.2, 0.25) is 0 Å². The Morgan fingerprint density at radius 3 is 2.90 bits per heavy atom. The van der Waals surface area contributed by atoms with Crippen LogP contribution in [-0.4, -0.2) is 58.7 Å². The first kappa shape index (κ1) is 19.8. The summed E-state index contributed by atoms with van der Waals surface area (Å²) in [6, 6.07) is 10.4. The van der Waals surface area contributed by atoms with E-state index in [2.05, 4.69) is 21.2 Å². The smallest absolute Gasteiger partial charge is 0.260 e. The fourth-order valence-electron chi connectivity index (χ4n) is 4.70. The Kier molecular flexibility index (Phi) is 6.39. The molecule has 1 amide bonds. The topological polar surface area (TPSA) is 58.6 Å². The van der Waals surface area contributed by atoms with Crippen LogP contribution in [-0.2, 0) is 17.8 Å². The van der Waals surface area contributed by atoms with E-state index in [1.54, 1.807) is 6.20 Å². The molecule has 0 radical (unpaired) electrons. The third kappa shape index (κ3) is 4.93. The number of rotatable bonds is 2. The molecule has 6 nitrogen and oxygen atoms in total. The van der Waals surface area contributed by atoms with Gasteiger partial charge in [-0.2, -0.15) is 10.2 Å². The Morgan fingerprint density at radius 2 is 2.03 bits per heavy atom. The SMILES string of the molecule is CN1C(=O)COc2ccccc2CCCC[C@H]2CN(Cc3ccnnc3)CC[C@H]21. The van der Waals surface area contributed by atoms with Gasteiger partial charge in [-0.05, 0) is 54.9 Å². The molecule has 2 aliphatic rings. The van der Waals surface area contributed by atoms with Crippen molar-refractivity contribution in [3.63, 3.8) is 0 Å². The van der Waals surface area contributed by atoms with Crippen LogP contribution in [0.15, 0.2) is 42.7 Å². The lowest BCUT2D eigenvalue weighted by molar-refractivity contribution is -0.136. The molecular formula is C23H30N4O2. The van der Waals surface area contributed by atoms with Crippen LogP contribution in [0, 0.1) is 5.92 Å². The predicted molar refractivity (Wildman–Crippen MR) is 111 cm³/mol. The summed E-state index contributed by atoms with van der Waals surface area (Å²) >= 11 is 0. The molecule has 2 aromatic rings. The first-order valence-electron chi connectivity index (χ1n) is 10.6. The van der Waals surface area contributed by atoms with Gasteiger partial charge in [-0.1, -0.05) is 24.6 Å². The van der Waals surface area contributed by atoms with Crippen LogP contribution in [0.5, 0.6) is 5.75 Å². The van der Waals surface area contributed by atoms with E-state index in [-0.39, 0.29) is 18.6 Å². The van der Waals surface area contributed by atoms with E-state index >= 15 is 0 Å². The zero-order chi connectivity index (χ0) is 20.1. The first-order valence-corrected chi connectivity index (χ1v) is 10.6. The quantitative estimate of drug-likeness (QED) is 0.784. The average Bonchev–Trinajstić information content (AvgIpc) is 2.75. The number of para-hydroxylation sites is 1. The number of hydrogen-bond acceptors (Lipinski definition) is 5. The molecule has 2 aliphatic heterocycles. The number of amides is 1. The number of aromatic nitrogens is 2. The average molecular weight is 395 g/mol. The highest BCUT2D eigenvalue weighted by molar-refractivity contribution is 5.78. The summed E-state index contributed by atoms with van der Waals surface area (Å²) in [5.41, 5.74) is 2.40. The second-order valence-corrected chi connectivity index (χ2v) is 8.25. The summed E-state index contributed by atoms with van der Waals surface area (Å²) in [5, 5.41) is 7.87. The molecule has 0 N–H and O–H groups in total. The molecule has 0 unspecified atom stereocenters. The van der Waals surface area contributed by atoms with Gasteiger partial charge in [-0.15, -0.1) is 0 Å². The van der Waals surface area contributed by atoms with E-state index < -0.39 is 0 Å². The second kappa shape index (κ2) is 9.35. The molecule has 0 spiro atoms. The van der Waals surface area contributed by atoms with Crippen molar-refractivity contribution in [3.8, 4) is 5.75 Å². The lowest BCUT2D eigenvalue weighted by Gasteiger charge is -2.43. The minimum absolute atomic E-state index is 0.0714. The van der Waals surface area contributed by atoms with Crippen molar-refractivity contribution >= 4 is 5.91 Å². The fraction of sp³-hybridized carbons (Fsp3) is 0.522. The molecule has 1 fully saturated rings. The minimum Gasteiger partial charge on any atom is -0.483 e. The number of nitrogens with zero attached hydrogens (tertiary/aromatic N) is 4. The third-order valence-electron chi connectivity index (χ3n) is 6.32. The lowest BCUT2D eigenvalue weighted by atomic mass is 9.86. The maximum Gasteiger partial charge on any atom is 0.260 e. The Bertz CT molecular complexity index is 814. The van der Waals surface area contributed by atoms with Crippen LogP contribution >= 0.6 is 0 Å². The van der Waals surface area contributed by atoms with Crippen LogP contribution in [0.3, 0.4) is 0 Å². The van der Waals surface area contributed by atoms with E-state index in [0.29, 0.717) is 5.92 Å². The number of aryl methyl sites for hydroxylation is 1. The lowest BCUT2D eigenvalue weighted by Crippen LogP contribution is -2.52. The number of piperidine rings is 1. The van der Waals surface area contributed by atoms with Crippen LogP contribution in [0.25, 0.3) is 0 Å². The van der Waals surface area contributed by atoms with E-state index in [1.807, 2.05) is 42.4 Å². The van der Waals surface area contributed by atoms with Crippen molar-refractivity contribution in [2.24, 2.45) is 5.92 Å². The molecule has 0 saturated carbocycles. The maximum atomic E-state index is 12.8. The minimum atomic E-state index is 0.0714. The van der Waals surface area contributed by atoms with Crippen molar-refractivity contribution in [1.82, 2.24) is 20.0 Å². The number of benzene rings is 1. The number of fused-ring (bicyclic) bond motifs is 2. The molecular weight excluding hydrogens is 364 g/mol. The van der Waals surface area contributed by atoms with Gasteiger partial charge >= 0.3 is 0 Å². The van der Waals surface area contributed by atoms with E-state index in [0.717, 1.165) is 51.1 Å². The molecule has 4 rings (SSSR count). The molecule has 1 aromatic carbocycles. The van der Waals surface area contributed by atoms with Crippen molar-refractivity contribution in [3.05, 3.63) is 53.9 Å². The summed E-state index contributed by atoms with van der Waals surface area (Å²) in [7, 11) is 1.95. The summed E-state index contributed by atoms with van der Waals surface area (Å²) in [6.07, 6.45) is 9.07. The van der Waals surface area contributed by atoms with Gasteiger partial charge in [-0.25, -0.2) is 0 Å². The molecule has 6 heteroatoms. The molecule has 1 saturated heterocycles. The molecule has 29 heavy (non-hydrogen) atoms. The van der Waals surface area contributed by atoms with Gasteiger partial charge in [0.1, 0.15) is 5.75 Å². The standard InChI is InChI=1S/C23H30N4O2/c1-26-21-11-13-27(15-18-10-12-24-25-14-18)16-20(21)8-3-2-6-19-7-4-5-9-22(19)29-17-23(26)28/h4-5,7,9-10,12,14,20-21H,2-3,6,8,11,13,15-17H2,1H3/t20-,21+/m0/s1. The summed E-state index contributed by atoms with van der Waals surface area (Å²) < 4.78 is 5.91. The highest BCUT2D eigenvalue weighted by Gasteiger charge is 2.33. The Balaban J connectivity index is 1.46. The van der Waals surface area contributed by atoms with Gasteiger partial charge in [0.25, 0.3) is 5.91 Å². The van der Waals surface area contributed by atoms with Gasteiger partial charge in [0, 0.05) is 38.9 Å². The summed E-state index contributed by atoms with van der Waals surface area (Å²) in [5.74, 6) is 1.41. The van der Waals surface area contributed by atoms with E-state index in [9.17, 15) is 4.79 Å². The third-order valence-corrected chi connectivity index (χ3v) is 6.32. The Labute approximate surface area is 172 Å². The number of carbonyl (C=O) groups is 1. The molecule has 1 aromatic heterocycles. The van der Waals surface area contributed by atoms with E-state index in [4.69, 9.17) is 4.74 Å². The molecule has 0 aliphatic carbocycles. The van der Waals surface area contributed by atoms with Crippen LogP contribution in [0.4, 0.5) is 0 Å². The molecule has 3 heterocycles. The van der Waals surface area contributed by atoms with Gasteiger partial charge in [0.05, 0.1) is 6.20 Å². The molecule has 0 bridgehead atoms. The number of hydrogen-bond donors (Lipinski definition) is 0. The van der Waals surface area contributed by atoms with Crippen LogP contribution < -0.4 is 4.74 Å². The monoisotopic (exact) mass is 394 g/mol. The van der Waals surface area contributed by atoms with Gasteiger partial charge in [0.15, 0.2) is 6.61 Å². The van der Waals surface area contributed by atoms with Crippen molar-refractivity contribution in [2.45, 2.75) is 44.7 Å². The van der Waals surface area contributed by atoms with Crippen molar-refractivity contribution in [1.29, 1.82) is 0 Å². The Morgan fingerprint density at radius 1 is 1.14 bits per heavy atom. The van der Waals surface area contributed by atoms with Crippen molar-refractivity contribution < 1.29 is 9.53 Å². The van der Waals surface area contributed by atoms with Crippen LogP contribution in [0.2, 0.25) is 0 Å². The molecule has 2 atom stereocenters. The van der Waals surface area contributed by atoms with Gasteiger partial charge < -0.3 is 9.64 Å². The largest absolute Gasteiger partial charge is 0.483 e. The number of ether oxygens (including phenoxy) is 1. The van der Waals surface area contributed by atoms with E-state index in [1.165, 1.54) is 17.5 Å². The zero-order valence-corrected chi connectivity index (χ0v) is 17.2. The number of likely N-dealkylation sites (tertiary alicyclic amines) is 1. The molecule has 154 valence electrons. The highest BCUT2D eigenvalue weighted by Crippen LogP contribution is 2.29. The fourth-order valence-corrected chi connectivity index (χ4v) is 4.70. The first-order chi connectivity index (χ1) is 14.2.